The molecule has 0 saturated heterocycles. The molecule has 4 heteroatoms. The van der Waals surface area contributed by atoms with Crippen molar-refractivity contribution in [1.29, 1.82) is 5.26 Å². The molecule has 0 amide bonds. The van der Waals surface area contributed by atoms with Crippen molar-refractivity contribution in [1.82, 2.24) is 0 Å². The van der Waals surface area contributed by atoms with Gasteiger partial charge in [0.05, 0.1) is 11.3 Å². The maximum atomic E-state index is 13.1. The molecule has 1 aliphatic rings. The average molecular weight is 248 g/mol. The predicted octanol–water partition coefficient (Wildman–Crippen LogP) is 2.44. The molecule has 1 N–H and O–H groups in total. The van der Waals surface area contributed by atoms with Crippen LogP contribution in [0, 0.1) is 17.1 Å². The number of hydrogen-bond acceptors (Lipinski definition) is 3. The second-order valence-electron chi connectivity index (χ2n) is 4.63. The van der Waals surface area contributed by atoms with Crippen LogP contribution >= 0.6 is 0 Å². The number of anilines is 1. The van der Waals surface area contributed by atoms with Crippen LogP contribution in [0.5, 0.6) is 0 Å². The zero-order valence-electron chi connectivity index (χ0n) is 10.3. The average Bonchev–Trinajstić information content (AvgIpc) is 2.32. The van der Waals surface area contributed by atoms with E-state index in [0.717, 1.165) is 18.5 Å². The first-order chi connectivity index (χ1) is 8.76. The molecule has 1 saturated carbocycles. The van der Waals surface area contributed by atoms with Crippen LogP contribution in [0.15, 0.2) is 18.2 Å². The summed E-state index contributed by atoms with van der Waals surface area (Å²) >= 11 is 0. The summed E-state index contributed by atoms with van der Waals surface area (Å²) in [5.41, 5.74) is 1.16. The smallest absolute Gasteiger partial charge is 0.124 e. The first-order valence-corrected chi connectivity index (χ1v) is 6.33. The highest BCUT2D eigenvalue weighted by atomic mass is 19.1. The highest BCUT2D eigenvalue weighted by Crippen LogP contribution is 2.31. The zero-order chi connectivity index (χ0) is 13.0. The van der Waals surface area contributed by atoms with E-state index in [1.54, 1.807) is 6.07 Å². The van der Waals surface area contributed by atoms with Crippen LogP contribution in [0.1, 0.15) is 31.2 Å². The Morgan fingerprint density at radius 1 is 1.44 bits per heavy atom. The third-order valence-electron chi connectivity index (χ3n) is 3.46. The van der Waals surface area contributed by atoms with Crippen LogP contribution in [0.2, 0.25) is 0 Å². The SMILES string of the molecule is N#Cc1cc(F)ccc1N(CCCO)C1CCC1. The van der Waals surface area contributed by atoms with Gasteiger partial charge in [0.2, 0.25) is 0 Å². The number of rotatable bonds is 5. The monoisotopic (exact) mass is 248 g/mol. The van der Waals surface area contributed by atoms with Crippen LogP contribution in [-0.4, -0.2) is 24.3 Å². The lowest BCUT2D eigenvalue weighted by Crippen LogP contribution is -2.41. The molecule has 1 aromatic rings. The maximum absolute atomic E-state index is 13.1. The molecule has 3 nitrogen and oxygen atoms in total. The third kappa shape index (κ3) is 2.62. The molecule has 0 heterocycles. The molecular formula is C14H17FN2O. The summed E-state index contributed by atoms with van der Waals surface area (Å²) in [5.74, 6) is -0.383. The molecule has 0 unspecified atom stereocenters. The van der Waals surface area contributed by atoms with Crippen molar-refractivity contribution < 1.29 is 9.50 Å². The Bertz CT molecular complexity index is 452. The van der Waals surface area contributed by atoms with Crippen LogP contribution in [0.3, 0.4) is 0 Å². The van der Waals surface area contributed by atoms with E-state index >= 15 is 0 Å². The van der Waals surface area contributed by atoms with Crippen molar-refractivity contribution in [3.63, 3.8) is 0 Å². The van der Waals surface area contributed by atoms with Crippen molar-refractivity contribution in [2.45, 2.75) is 31.7 Å². The normalized spacial score (nSPS) is 14.9. The molecule has 0 aliphatic heterocycles. The van der Waals surface area contributed by atoms with Crippen molar-refractivity contribution in [3.05, 3.63) is 29.6 Å². The Morgan fingerprint density at radius 3 is 2.78 bits per heavy atom. The summed E-state index contributed by atoms with van der Waals surface area (Å²) in [6.07, 6.45) is 4.07. The zero-order valence-corrected chi connectivity index (χ0v) is 10.3. The topological polar surface area (TPSA) is 47.3 Å². The summed E-state index contributed by atoms with van der Waals surface area (Å²) in [4.78, 5) is 2.14. The number of aliphatic hydroxyl groups is 1. The minimum atomic E-state index is -0.383. The number of halogens is 1. The minimum absolute atomic E-state index is 0.131. The number of aliphatic hydroxyl groups excluding tert-OH is 1. The van der Waals surface area contributed by atoms with Gasteiger partial charge in [-0.15, -0.1) is 0 Å². The summed E-state index contributed by atoms with van der Waals surface area (Å²) < 4.78 is 13.1. The largest absolute Gasteiger partial charge is 0.396 e. The Hall–Kier alpha value is -1.60. The first kappa shape index (κ1) is 12.8. The Labute approximate surface area is 106 Å². The van der Waals surface area contributed by atoms with Crippen molar-refractivity contribution in [3.8, 4) is 6.07 Å². The Kier molecular flexibility index (Phi) is 4.16. The van der Waals surface area contributed by atoms with E-state index in [1.807, 2.05) is 0 Å². The standard InChI is InChI=1S/C14H17FN2O/c15-12-5-6-14(11(9-12)10-16)17(7-2-8-18)13-3-1-4-13/h5-6,9,13,18H,1-4,7-8H2. The fraction of sp³-hybridized carbons (Fsp3) is 0.500. The van der Waals surface area contributed by atoms with Gasteiger partial charge in [0.25, 0.3) is 0 Å². The lowest BCUT2D eigenvalue weighted by Gasteiger charge is -2.39. The van der Waals surface area contributed by atoms with E-state index in [1.165, 1.54) is 18.6 Å². The van der Waals surface area contributed by atoms with E-state index in [0.29, 0.717) is 24.6 Å². The first-order valence-electron chi connectivity index (χ1n) is 6.33. The minimum Gasteiger partial charge on any atom is -0.396 e. The summed E-state index contributed by atoms with van der Waals surface area (Å²) in [6.45, 7) is 0.841. The van der Waals surface area contributed by atoms with Crippen molar-refractivity contribution in [2.75, 3.05) is 18.1 Å². The third-order valence-corrected chi connectivity index (χ3v) is 3.46. The van der Waals surface area contributed by atoms with Crippen LogP contribution in [0.25, 0.3) is 0 Å². The van der Waals surface area contributed by atoms with E-state index in [2.05, 4.69) is 11.0 Å². The quantitative estimate of drug-likeness (QED) is 0.870. The summed E-state index contributed by atoms with van der Waals surface area (Å²) in [7, 11) is 0. The molecule has 0 aromatic heterocycles. The van der Waals surface area contributed by atoms with E-state index in [4.69, 9.17) is 10.4 Å². The van der Waals surface area contributed by atoms with Gasteiger partial charge in [-0.3, -0.25) is 0 Å². The van der Waals surface area contributed by atoms with Gasteiger partial charge in [-0.2, -0.15) is 5.26 Å². The van der Waals surface area contributed by atoms with Gasteiger partial charge in [-0.1, -0.05) is 0 Å². The van der Waals surface area contributed by atoms with Gasteiger partial charge in [0.1, 0.15) is 11.9 Å². The number of benzene rings is 1. The molecular weight excluding hydrogens is 231 g/mol. The predicted molar refractivity (Wildman–Crippen MR) is 67.8 cm³/mol. The molecule has 1 aliphatic carbocycles. The van der Waals surface area contributed by atoms with E-state index in [9.17, 15) is 4.39 Å². The lowest BCUT2D eigenvalue weighted by molar-refractivity contribution is 0.283. The molecule has 1 fully saturated rings. The molecule has 0 atom stereocenters. The lowest BCUT2D eigenvalue weighted by atomic mass is 9.90. The molecule has 18 heavy (non-hydrogen) atoms. The van der Waals surface area contributed by atoms with Crippen molar-refractivity contribution >= 4 is 5.69 Å². The van der Waals surface area contributed by atoms with Crippen LogP contribution < -0.4 is 4.90 Å². The second kappa shape index (κ2) is 5.83. The van der Waals surface area contributed by atoms with E-state index < -0.39 is 0 Å². The van der Waals surface area contributed by atoms with Gasteiger partial charge < -0.3 is 10.0 Å². The number of hydrogen-bond donors (Lipinski definition) is 1. The summed E-state index contributed by atoms with van der Waals surface area (Å²) in [5, 5.41) is 18.1. The highest BCUT2D eigenvalue weighted by molar-refractivity contribution is 5.60. The van der Waals surface area contributed by atoms with Gasteiger partial charge in [0.15, 0.2) is 0 Å². The van der Waals surface area contributed by atoms with Gasteiger partial charge in [-0.25, -0.2) is 4.39 Å². The highest BCUT2D eigenvalue weighted by Gasteiger charge is 2.26. The fourth-order valence-electron chi connectivity index (χ4n) is 2.29. The van der Waals surface area contributed by atoms with Gasteiger partial charge in [-0.05, 0) is 43.9 Å². The maximum Gasteiger partial charge on any atom is 0.124 e. The molecule has 1 aromatic carbocycles. The fourth-order valence-corrected chi connectivity index (χ4v) is 2.29. The molecule has 96 valence electrons. The number of nitriles is 1. The van der Waals surface area contributed by atoms with E-state index in [-0.39, 0.29) is 12.4 Å². The molecule has 0 spiro atoms. The van der Waals surface area contributed by atoms with Gasteiger partial charge in [0, 0.05) is 19.2 Å². The van der Waals surface area contributed by atoms with Crippen LogP contribution in [0.4, 0.5) is 10.1 Å². The Balaban J connectivity index is 2.26. The molecule has 0 radical (unpaired) electrons. The number of nitrogens with zero attached hydrogens (tertiary/aromatic N) is 2. The molecule has 2 rings (SSSR count). The van der Waals surface area contributed by atoms with Crippen molar-refractivity contribution in [2.24, 2.45) is 0 Å². The van der Waals surface area contributed by atoms with Gasteiger partial charge >= 0.3 is 0 Å². The summed E-state index contributed by atoms with van der Waals surface area (Å²) in [6, 6.07) is 6.81. The molecule has 0 bridgehead atoms. The Morgan fingerprint density at radius 2 is 2.22 bits per heavy atom. The second-order valence-corrected chi connectivity index (χ2v) is 4.63. The van der Waals surface area contributed by atoms with Crippen LogP contribution in [-0.2, 0) is 0 Å².